The van der Waals surface area contributed by atoms with E-state index in [4.69, 9.17) is 19.3 Å². The van der Waals surface area contributed by atoms with E-state index in [1.807, 2.05) is 0 Å². The minimum Gasteiger partial charge on any atom is -0.394 e. The molecule has 0 aromatic carbocycles. The van der Waals surface area contributed by atoms with Gasteiger partial charge in [-0.15, -0.1) is 0 Å². The lowest BCUT2D eigenvalue weighted by molar-refractivity contribution is -0.355. The van der Waals surface area contributed by atoms with Gasteiger partial charge in [0.15, 0.2) is 12.6 Å². The van der Waals surface area contributed by atoms with E-state index in [0.29, 0.717) is 0 Å². The number of rotatable bonds is 4. The van der Waals surface area contributed by atoms with Crippen LogP contribution in [0, 0.1) is 0 Å². The van der Waals surface area contributed by atoms with Gasteiger partial charge in [-0.25, -0.2) is 0 Å². The van der Waals surface area contributed by atoms with Crippen LogP contribution in [0.1, 0.15) is 0 Å². The third-order valence-corrected chi connectivity index (χ3v) is 3.98. The van der Waals surface area contributed by atoms with Crippen LogP contribution in [0.2, 0.25) is 0 Å². The molecule has 2 heterocycles. The second-order valence-corrected chi connectivity index (χ2v) is 5.53. The van der Waals surface area contributed by atoms with Crippen molar-refractivity contribution in [2.75, 3.05) is 13.2 Å². The molecule has 0 spiro atoms. The lowest BCUT2D eigenvalue weighted by Crippen LogP contribution is -2.64. The summed E-state index contributed by atoms with van der Waals surface area (Å²) in [5.74, 6) is 0. The van der Waals surface area contributed by atoms with E-state index >= 15 is 0 Å². The SMILES string of the molecule is OCC1OC(O)C(O)[C@H](O)[C@@H]1O[C@@H]1OC(CO)[C@H](O)[C@@H](O)C1O. The number of hydrogen-bond donors (Lipinski definition) is 8. The molecule has 8 N–H and O–H groups in total. The molecule has 2 rings (SSSR count). The maximum atomic E-state index is 9.94. The third-order valence-electron chi connectivity index (χ3n) is 3.98. The van der Waals surface area contributed by atoms with E-state index in [1.54, 1.807) is 0 Å². The minimum absolute atomic E-state index is 0.667. The Labute approximate surface area is 130 Å². The zero-order valence-corrected chi connectivity index (χ0v) is 12.0. The van der Waals surface area contributed by atoms with Gasteiger partial charge in [0, 0.05) is 0 Å². The number of ether oxygens (including phenoxy) is 3. The molecule has 2 saturated heterocycles. The van der Waals surface area contributed by atoms with Gasteiger partial charge in [0.1, 0.15) is 48.8 Å². The fourth-order valence-electron chi connectivity index (χ4n) is 2.57. The van der Waals surface area contributed by atoms with E-state index in [9.17, 15) is 35.7 Å². The first kappa shape index (κ1) is 18.9. The zero-order chi connectivity index (χ0) is 17.3. The van der Waals surface area contributed by atoms with E-state index in [1.165, 1.54) is 0 Å². The minimum atomic E-state index is -1.74. The van der Waals surface area contributed by atoms with Gasteiger partial charge in [-0.05, 0) is 0 Å². The van der Waals surface area contributed by atoms with Crippen LogP contribution in [0.5, 0.6) is 0 Å². The summed E-state index contributed by atoms with van der Waals surface area (Å²) in [6, 6.07) is 0. The molecular formula is C12H22O11. The Kier molecular flexibility index (Phi) is 6.27. The zero-order valence-electron chi connectivity index (χ0n) is 12.0. The smallest absolute Gasteiger partial charge is 0.187 e. The Morgan fingerprint density at radius 1 is 0.652 bits per heavy atom. The molecule has 5 unspecified atom stereocenters. The summed E-state index contributed by atoms with van der Waals surface area (Å²) in [5, 5.41) is 76.5. The molecule has 0 aliphatic carbocycles. The molecule has 0 bridgehead atoms. The fourth-order valence-corrected chi connectivity index (χ4v) is 2.57. The van der Waals surface area contributed by atoms with Crippen LogP contribution in [0.15, 0.2) is 0 Å². The van der Waals surface area contributed by atoms with Crippen LogP contribution in [-0.4, -0.2) is 115 Å². The molecule has 2 fully saturated rings. The molecule has 23 heavy (non-hydrogen) atoms. The van der Waals surface area contributed by atoms with Gasteiger partial charge in [0.2, 0.25) is 0 Å². The Morgan fingerprint density at radius 2 is 1.26 bits per heavy atom. The number of aliphatic hydroxyl groups is 8. The van der Waals surface area contributed by atoms with Crippen LogP contribution in [-0.2, 0) is 14.2 Å². The van der Waals surface area contributed by atoms with Crippen molar-refractivity contribution in [3.63, 3.8) is 0 Å². The Bertz CT molecular complexity index is 378. The van der Waals surface area contributed by atoms with Gasteiger partial charge in [0.25, 0.3) is 0 Å². The third kappa shape index (κ3) is 3.65. The highest BCUT2D eigenvalue weighted by atomic mass is 16.7. The molecule has 0 aromatic heterocycles. The molecular weight excluding hydrogens is 320 g/mol. The average molecular weight is 342 g/mol. The quantitative estimate of drug-likeness (QED) is 0.243. The summed E-state index contributed by atoms with van der Waals surface area (Å²) in [7, 11) is 0. The highest BCUT2D eigenvalue weighted by molar-refractivity contribution is 4.93. The highest BCUT2D eigenvalue weighted by Crippen LogP contribution is 2.28. The average Bonchev–Trinajstić information content (AvgIpc) is 2.55. The summed E-state index contributed by atoms with van der Waals surface area (Å²) < 4.78 is 15.3. The van der Waals surface area contributed by atoms with Crippen molar-refractivity contribution in [2.24, 2.45) is 0 Å². The van der Waals surface area contributed by atoms with Crippen molar-refractivity contribution < 1.29 is 55.1 Å². The first-order chi connectivity index (χ1) is 10.8. The van der Waals surface area contributed by atoms with Crippen LogP contribution in [0.25, 0.3) is 0 Å². The fraction of sp³-hybridized carbons (Fsp3) is 1.00. The van der Waals surface area contributed by atoms with Gasteiger partial charge < -0.3 is 55.1 Å². The van der Waals surface area contributed by atoms with Gasteiger partial charge in [0.05, 0.1) is 13.2 Å². The lowest BCUT2D eigenvalue weighted by Gasteiger charge is -2.45. The number of aliphatic hydroxyl groups excluding tert-OH is 8. The van der Waals surface area contributed by atoms with Crippen molar-refractivity contribution in [1.29, 1.82) is 0 Å². The first-order valence-electron chi connectivity index (χ1n) is 7.08. The maximum absolute atomic E-state index is 9.94. The van der Waals surface area contributed by atoms with Crippen molar-refractivity contribution in [2.45, 2.75) is 61.4 Å². The van der Waals surface area contributed by atoms with Gasteiger partial charge in [-0.2, -0.15) is 0 Å². The molecule has 11 nitrogen and oxygen atoms in total. The molecule has 2 aliphatic rings. The molecule has 10 atom stereocenters. The topological polar surface area (TPSA) is 190 Å². The van der Waals surface area contributed by atoms with Crippen molar-refractivity contribution in [1.82, 2.24) is 0 Å². The van der Waals surface area contributed by atoms with Gasteiger partial charge in [-0.1, -0.05) is 0 Å². The standard InChI is InChI=1S/C12H22O11/c13-1-3-5(15)6(16)9(19)12(22-3)23-10-4(2-14)21-11(20)8(18)7(10)17/h3-20H,1-2H2/t3?,4?,5-,6+,7-,8?,9?,10+,11?,12-/m0/s1. The first-order valence-corrected chi connectivity index (χ1v) is 7.08. The summed E-state index contributed by atoms with van der Waals surface area (Å²) in [5.41, 5.74) is 0. The Balaban J connectivity index is 2.11. The maximum Gasteiger partial charge on any atom is 0.187 e. The van der Waals surface area contributed by atoms with Gasteiger partial charge in [-0.3, -0.25) is 0 Å². The molecule has 0 amide bonds. The molecule has 0 saturated carbocycles. The van der Waals surface area contributed by atoms with Crippen LogP contribution in [0.4, 0.5) is 0 Å². The van der Waals surface area contributed by atoms with E-state index in [0.717, 1.165) is 0 Å². The largest absolute Gasteiger partial charge is 0.394 e. The Morgan fingerprint density at radius 3 is 1.83 bits per heavy atom. The normalized spacial score (nSPS) is 51.7. The summed E-state index contributed by atoms with van der Waals surface area (Å²) in [6.07, 6.45) is -15.6. The van der Waals surface area contributed by atoms with Crippen molar-refractivity contribution in [3.8, 4) is 0 Å². The molecule has 0 aromatic rings. The second-order valence-electron chi connectivity index (χ2n) is 5.53. The van der Waals surface area contributed by atoms with Gasteiger partial charge >= 0.3 is 0 Å². The van der Waals surface area contributed by atoms with Crippen molar-refractivity contribution >= 4 is 0 Å². The molecule has 136 valence electrons. The molecule has 2 aliphatic heterocycles. The van der Waals surface area contributed by atoms with E-state index < -0.39 is 74.6 Å². The highest BCUT2D eigenvalue weighted by Gasteiger charge is 2.50. The van der Waals surface area contributed by atoms with E-state index in [-0.39, 0.29) is 0 Å². The number of hydrogen-bond acceptors (Lipinski definition) is 11. The van der Waals surface area contributed by atoms with Crippen LogP contribution >= 0.6 is 0 Å². The summed E-state index contributed by atoms with van der Waals surface area (Å²) in [6.45, 7) is -1.35. The lowest BCUT2D eigenvalue weighted by atomic mass is 9.97. The summed E-state index contributed by atoms with van der Waals surface area (Å²) >= 11 is 0. The predicted octanol–water partition coefficient (Wildman–Crippen LogP) is -5.40. The van der Waals surface area contributed by atoms with Crippen LogP contribution in [0.3, 0.4) is 0 Å². The molecule has 0 radical (unpaired) electrons. The Hall–Kier alpha value is -0.440. The van der Waals surface area contributed by atoms with Crippen LogP contribution < -0.4 is 0 Å². The monoisotopic (exact) mass is 342 g/mol. The van der Waals surface area contributed by atoms with Crippen molar-refractivity contribution in [3.05, 3.63) is 0 Å². The summed E-state index contributed by atoms with van der Waals surface area (Å²) in [4.78, 5) is 0. The predicted molar refractivity (Wildman–Crippen MR) is 68.6 cm³/mol. The second kappa shape index (κ2) is 7.63. The van der Waals surface area contributed by atoms with E-state index in [2.05, 4.69) is 0 Å². The molecule has 11 heteroatoms.